The fraction of sp³-hybridized carbons (Fsp3) is 0.250. The summed E-state index contributed by atoms with van der Waals surface area (Å²) in [5, 5.41) is 3.19. The number of hydrogen-bond acceptors (Lipinski definition) is 1. The number of rotatable bonds is 3. The van der Waals surface area contributed by atoms with Crippen LogP contribution in [-0.2, 0) is 0 Å². The van der Waals surface area contributed by atoms with Crippen molar-refractivity contribution < 1.29 is 4.39 Å². The molecule has 2 aromatic rings. The molecule has 0 aliphatic carbocycles. The lowest BCUT2D eigenvalue weighted by atomic mass is 9.96. The Morgan fingerprint density at radius 2 is 1.63 bits per heavy atom. The van der Waals surface area contributed by atoms with Crippen LogP contribution >= 0.6 is 15.9 Å². The van der Waals surface area contributed by atoms with Gasteiger partial charge in [0.1, 0.15) is 5.82 Å². The largest absolute Gasteiger partial charge is 0.309 e. The minimum Gasteiger partial charge on any atom is -0.309 e. The summed E-state index contributed by atoms with van der Waals surface area (Å²) in [6.45, 7) is 4.01. The van der Waals surface area contributed by atoms with E-state index in [9.17, 15) is 4.39 Å². The molecule has 0 aliphatic rings. The van der Waals surface area contributed by atoms with Crippen LogP contribution in [-0.4, -0.2) is 7.05 Å². The lowest BCUT2D eigenvalue weighted by molar-refractivity contribution is 0.575. The number of halogens is 2. The van der Waals surface area contributed by atoms with Crippen LogP contribution in [0.25, 0.3) is 0 Å². The van der Waals surface area contributed by atoms with E-state index in [1.54, 1.807) is 6.07 Å². The predicted molar refractivity (Wildman–Crippen MR) is 80.9 cm³/mol. The standard InChI is InChI=1S/C16H17BrFN/c1-10-5-7-15(18)13(8-10)16(19-3)12-6-4-11(2)9-14(12)17/h4-9,16,19H,1-3H3. The zero-order chi connectivity index (χ0) is 14.0. The number of hydrogen-bond donors (Lipinski definition) is 1. The molecular formula is C16H17BrFN. The Bertz CT molecular complexity index is 595. The summed E-state index contributed by atoms with van der Waals surface area (Å²) in [6.07, 6.45) is 0. The van der Waals surface area contributed by atoms with Gasteiger partial charge in [0.25, 0.3) is 0 Å². The summed E-state index contributed by atoms with van der Waals surface area (Å²) in [7, 11) is 1.85. The molecule has 0 heterocycles. The Morgan fingerprint density at radius 1 is 1.00 bits per heavy atom. The van der Waals surface area contributed by atoms with Crippen LogP contribution in [0.15, 0.2) is 40.9 Å². The van der Waals surface area contributed by atoms with Gasteiger partial charge < -0.3 is 5.32 Å². The summed E-state index contributed by atoms with van der Waals surface area (Å²) in [4.78, 5) is 0. The zero-order valence-electron chi connectivity index (χ0n) is 11.3. The van der Waals surface area contributed by atoms with Crippen molar-refractivity contribution >= 4 is 15.9 Å². The van der Waals surface area contributed by atoms with Crippen molar-refractivity contribution in [3.8, 4) is 0 Å². The Balaban J connectivity index is 2.52. The molecular weight excluding hydrogens is 305 g/mol. The summed E-state index contributed by atoms with van der Waals surface area (Å²) in [6, 6.07) is 11.2. The van der Waals surface area contributed by atoms with Crippen LogP contribution in [0.1, 0.15) is 28.3 Å². The summed E-state index contributed by atoms with van der Waals surface area (Å²) < 4.78 is 15.0. The van der Waals surface area contributed by atoms with Crippen molar-refractivity contribution in [3.05, 3.63) is 68.9 Å². The predicted octanol–water partition coefficient (Wildman–Crippen LogP) is 4.51. The molecule has 2 rings (SSSR count). The normalized spacial score (nSPS) is 12.5. The van der Waals surface area contributed by atoms with Gasteiger partial charge in [0.15, 0.2) is 0 Å². The van der Waals surface area contributed by atoms with Gasteiger partial charge in [-0.05, 0) is 44.2 Å². The first kappa shape index (κ1) is 14.2. The van der Waals surface area contributed by atoms with E-state index >= 15 is 0 Å². The van der Waals surface area contributed by atoms with E-state index in [4.69, 9.17) is 0 Å². The Labute approximate surface area is 122 Å². The van der Waals surface area contributed by atoms with Crippen molar-refractivity contribution in [2.75, 3.05) is 7.05 Å². The highest BCUT2D eigenvalue weighted by Gasteiger charge is 2.18. The molecule has 0 saturated heterocycles. The Hall–Kier alpha value is -1.19. The molecule has 3 heteroatoms. The fourth-order valence-corrected chi connectivity index (χ4v) is 2.95. The van der Waals surface area contributed by atoms with E-state index in [2.05, 4.69) is 21.2 Å². The highest BCUT2D eigenvalue weighted by molar-refractivity contribution is 9.10. The van der Waals surface area contributed by atoms with Gasteiger partial charge in [-0.3, -0.25) is 0 Å². The maximum atomic E-state index is 14.0. The molecule has 0 fully saturated rings. The smallest absolute Gasteiger partial charge is 0.128 e. The molecule has 19 heavy (non-hydrogen) atoms. The Kier molecular flexibility index (Phi) is 4.38. The third kappa shape index (κ3) is 3.04. The van der Waals surface area contributed by atoms with Crippen molar-refractivity contribution in [3.63, 3.8) is 0 Å². The lowest BCUT2D eigenvalue weighted by Gasteiger charge is -2.20. The SMILES string of the molecule is CNC(c1cc(C)ccc1F)c1ccc(C)cc1Br. The third-order valence-electron chi connectivity index (χ3n) is 3.22. The van der Waals surface area contributed by atoms with Gasteiger partial charge in [0.05, 0.1) is 6.04 Å². The first-order valence-corrected chi connectivity index (χ1v) is 7.01. The molecule has 1 unspecified atom stereocenters. The van der Waals surface area contributed by atoms with E-state index in [0.29, 0.717) is 5.56 Å². The van der Waals surface area contributed by atoms with E-state index in [1.165, 1.54) is 11.6 Å². The summed E-state index contributed by atoms with van der Waals surface area (Å²) >= 11 is 3.57. The maximum Gasteiger partial charge on any atom is 0.128 e. The highest BCUT2D eigenvalue weighted by Crippen LogP contribution is 2.31. The molecule has 0 aliphatic heterocycles. The van der Waals surface area contributed by atoms with Gasteiger partial charge in [-0.2, -0.15) is 0 Å². The van der Waals surface area contributed by atoms with E-state index in [-0.39, 0.29) is 11.9 Å². The van der Waals surface area contributed by atoms with Gasteiger partial charge in [0.2, 0.25) is 0 Å². The van der Waals surface area contributed by atoms with Crippen LogP contribution < -0.4 is 5.32 Å². The quantitative estimate of drug-likeness (QED) is 0.876. The molecule has 0 aromatic heterocycles. The van der Waals surface area contributed by atoms with Gasteiger partial charge in [0, 0.05) is 10.0 Å². The van der Waals surface area contributed by atoms with Crippen LogP contribution in [0.5, 0.6) is 0 Å². The van der Waals surface area contributed by atoms with E-state index < -0.39 is 0 Å². The maximum absolute atomic E-state index is 14.0. The van der Waals surface area contributed by atoms with Gasteiger partial charge >= 0.3 is 0 Å². The van der Waals surface area contributed by atoms with Gasteiger partial charge in [-0.1, -0.05) is 45.8 Å². The van der Waals surface area contributed by atoms with Crippen molar-refractivity contribution in [2.24, 2.45) is 0 Å². The average molecular weight is 322 g/mol. The first-order chi connectivity index (χ1) is 9.02. The minimum atomic E-state index is -0.183. The second-order valence-corrected chi connectivity index (χ2v) is 5.63. The number of aryl methyl sites for hydroxylation is 2. The monoisotopic (exact) mass is 321 g/mol. The molecule has 0 radical (unpaired) electrons. The first-order valence-electron chi connectivity index (χ1n) is 6.22. The van der Waals surface area contributed by atoms with Crippen LogP contribution in [0.2, 0.25) is 0 Å². The second-order valence-electron chi connectivity index (χ2n) is 4.77. The molecule has 1 N–H and O–H groups in total. The minimum absolute atomic E-state index is 0.158. The molecule has 100 valence electrons. The summed E-state index contributed by atoms with van der Waals surface area (Å²) in [5.74, 6) is -0.183. The zero-order valence-corrected chi connectivity index (χ0v) is 12.9. The molecule has 0 amide bonds. The summed E-state index contributed by atoms with van der Waals surface area (Å²) in [5.41, 5.74) is 3.94. The number of benzene rings is 2. The van der Waals surface area contributed by atoms with Crippen molar-refractivity contribution in [1.29, 1.82) is 0 Å². The molecule has 2 aromatic carbocycles. The van der Waals surface area contributed by atoms with Crippen molar-refractivity contribution in [2.45, 2.75) is 19.9 Å². The van der Waals surface area contributed by atoms with Crippen LogP contribution in [0.4, 0.5) is 4.39 Å². The average Bonchev–Trinajstić information content (AvgIpc) is 2.36. The molecule has 1 nitrogen and oxygen atoms in total. The molecule has 1 atom stereocenters. The van der Waals surface area contributed by atoms with Crippen LogP contribution in [0.3, 0.4) is 0 Å². The number of nitrogens with one attached hydrogen (secondary N) is 1. The highest BCUT2D eigenvalue weighted by atomic mass is 79.9. The van der Waals surface area contributed by atoms with E-state index in [1.807, 2.05) is 45.2 Å². The Morgan fingerprint density at radius 3 is 2.26 bits per heavy atom. The van der Waals surface area contributed by atoms with Gasteiger partial charge in [-0.15, -0.1) is 0 Å². The van der Waals surface area contributed by atoms with E-state index in [0.717, 1.165) is 15.6 Å². The topological polar surface area (TPSA) is 12.0 Å². The fourth-order valence-electron chi connectivity index (χ4n) is 2.23. The molecule has 0 saturated carbocycles. The van der Waals surface area contributed by atoms with Gasteiger partial charge in [-0.25, -0.2) is 4.39 Å². The molecule has 0 spiro atoms. The third-order valence-corrected chi connectivity index (χ3v) is 3.90. The van der Waals surface area contributed by atoms with Crippen molar-refractivity contribution in [1.82, 2.24) is 5.32 Å². The lowest BCUT2D eigenvalue weighted by Crippen LogP contribution is -2.19. The molecule has 0 bridgehead atoms. The second kappa shape index (κ2) is 5.85. The van der Waals surface area contributed by atoms with Crippen LogP contribution in [0, 0.1) is 19.7 Å².